The Hall–Kier alpha value is -2.47. The number of piperidine rings is 3. The van der Waals surface area contributed by atoms with Crippen LogP contribution in [0.3, 0.4) is 0 Å². The van der Waals surface area contributed by atoms with Gasteiger partial charge < -0.3 is 10.1 Å². The number of nitrogens with one attached hydrogen (secondary N) is 1. The van der Waals surface area contributed by atoms with Gasteiger partial charge in [0.1, 0.15) is 17.7 Å². The Kier molecular flexibility index (Phi) is 5.07. The minimum atomic E-state index is -0.905. The minimum absolute atomic E-state index is 0.148. The average molecular weight is 372 g/mol. The molecule has 2 aromatic rings. The second kappa shape index (κ2) is 7.64. The van der Waals surface area contributed by atoms with Crippen LogP contribution in [-0.2, 0) is 9.53 Å². The Morgan fingerprint density at radius 3 is 2.41 bits per heavy atom. The molecule has 3 saturated heterocycles. The zero-order valence-corrected chi connectivity index (χ0v) is 14.9. The number of carbonyl (C=O) groups is 1. The first-order valence-electron chi connectivity index (χ1n) is 9.29. The predicted octanol–water partition coefficient (Wildman–Crippen LogP) is 3.76. The van der Waals surface area contributed by atoms with Gasteiger partial charge in [-0.2, -0.15) is 0 Å². The number of nitrogens with zero attached hydrogens (tertiary/aromatic N) is 1. The lowest BCUT2D eigenvalue weighted by Gasteiger charge is -2.44. The first kappa shape index (κ1) is 17.9. The zero-order chi connectivity index (χ0) is 18.8. The number of hydrogen-bond acceptors (Lipinski definition) is 4. The Morgan fingerprint density at radius 2 is 1.78 bits per heavy atom. The molecule has 1 N–H and O–H groups in total. The molecule has 2 atom stereocenters. The van der Waals surface area contributed by atoms with Gasteiger partial charge in [0.05, 0.1) is 0 Å². The average Bonchev–Trinajstić information content (AvgIpc) is 2.67. The minimum Gasteiger partial charge on any atom is -0.459 e. The molecule has 5 rings (SSSR count). The van der Waals surface area contributed by atoms with Crippen molar-refractivity contribution in [2.24, 2.45) is 5.92 Å². The number of esters is 1. The molecule has 2 bridgehead atoms. The van der Waals surface area contributed by atoms with E-state index in [1.165, 1.54) is 24.3 Å². The Labute approximate surface area is 157 Å². The summed E-state index contributed by atoms with van der Waals surface area (Å²) in [4.78, 5) is 15.3. The van der Waals surface area contributed by atoms with Gasteiger partial charge >= 0.3 is 5.97 Å². The van der Waals surface area contributed by atoms with Crippen molar-refractivity contribution >= 4 is 11.7 Å². The smallest absolute Gasteiger partial charge is 0.333 e. The molecule has 0 spiro atoms. The molecule has 27 heavy (non-hydrogen) atoms. The van der Waals surface area contributed by atoms with Gasteiger partial charge in [-0.25, -0.2) is 13.6 Å². The lowest BCUT2D eigenvalue weighted by atomic mass is 9.86. The monoisotopic (exact) mass is 372 g/mol. The third-order valence-corrected chi connectivity index (χ3v) is 5.42. The molecular formula is C21H22F2N2O2. The van der Waals surface area contributed by atoms with E-state index in [1.54, 1.807) is 24.3 Å². The third kappa shape index (κ3) is 4.11. The van der Waals surface area contributed by atoms with Crippen molar-refractivity contribution in [3.05, 3.63) is 65.7 Å². The van der Waals surface area contributed by atoms with Crippen LogP contribution < -0.4 is 5.32 Å². The molecule has 4 nitrogen and oxygen atoms in total. The van der Waals surface area contributed by atoms with Gasteiger partial charge in [-0.05, 0) is 67.7 Å². The second-order valence-corrected chi connectivity index (χ2v) is 7.26. The molecule has 3 aliphatic rings. The molecule has 0 saturated carbocycles. The largest absolute Gasteiger partial charge is 0.459 e. The number of ether oxygens (including phenoxy) is 1. The zero-order valence-electron chi connectivity index (χ0n) is 14.9. The van der Waals surface area contributed by atoms with Gasteiger partial charge in [0.2, 0.25) is 0 Å². The fourth-order valence-electron chi connectivity index (χ4n) is 3.97. The summed E-state index contributed by atoms with van der Waals surface area (Å²) in [5.74, 6) is -0.942. The second-order valence-electron chi connectivity index (χ2n) is 7.26. The number of hydrogen-bond donors (Lipinski definition) is 1. The predicted molar refractivity (Wildman–Crippen MR) is 98.2 cm³/mol. The van der Waals surface area contributed by atoms with Crippen molar-refractivity contribution in [1.82, 2.24) is 4.90 Å². The normalized spacial score (nSPS) is 25.0. The Bertz CT molecular complexity index is 821. The highest BCUT2D eigenvalue weighted by Gasteiger charge is 2.38. The molecule has 0 amide bonds. The van der Waals surface area contributed by atoms with E-state index in [0.29, 0.717) is 17.2 Å². The van der Waals surface area contributed by atoms with Crippen molar-refractivity contribution in [3.8, 4) is 0 Å². The summed E-state index contributed by atoms with van der Waals surface area (Å²) in [6.07, 6.45) is 1.91. The van der Waals surface area contributed by atoms with Gasteiger partial charge in [0.15, 0.2) is 6.04 Å². The molecule has 0 radical (unpaired) electrons. The van der Waals surface area contributed by atoms with Gasteiger partial charge in [-0.1, -0.05) is 18.2 Å². The van der Waals surface area contributed by atoms with Crippen molar-refractivity contribution < 1.29 is 18.3 Å². The van der Waals surface area contributed by atoms with Crippen LogP contribution in [0, 0.1) is 17.6 Å². The molecule has 3 heterocycles. The summed E-state index contributed by atoms with van der Waals surface area (Å²) in [5.41, 5.74) is 0.890. The molecule has 6 heteroatoms. The lowest BCUT2D eigenvalue weighted by Crippen LogP contribution is -2.52. The fourth-order valence-corrected chi connectivity index (χ4v) is 3.97. The van der Waals surface area contributed by atoms with Crippen LogP contribution in [0.1, 0.15) is 24.4 Å². The van der Waals surface area contributed by atoms with E-state index in [-0.39, 0.29) is 6.10 Å². The molecule has 1 unspecified atom stereocenters. The SMILES string of the molecule is O=C(O[C@H]1CN2CCC1CC2)C(Nc1cccc(F)c1)c1cccc(F)c1. The maximum atomic E-state index is 13.7. The van der Waals surface area contributed by atoms with Crippen molar-refractivity contribution in [1.29, 1.82) is 0 Å². The quantitative estimate of drug-likeness (QED) is 0.812. The Morgan fingerprint density at radius 1 is 1.07 bits per heavy atom. The number of carbonyl (C=O) groups excluding carboxylic acids is 1. The summed E-state index contributed by atoms with van der Waals surface area (Å²) in [6.45, 7) is 2.84. The molecular weight excluding hydrogens is 350 g/mol. The Balaban J connectivity index is 1.56. The van der Waals surface area contributed by atoms with E-state index in [2.05, 4.69) is 10.2 Å². The van der Waals surface area contributed by atoms with E-state index in [1.807, 2.05) is 0 Å². The highest BCUT2D eigenvalue weighted by Crippen LogP contribution is 2.31. The maximum Gasteiger partial charge on any atom is 0.333 e. The summed E-state index contributed by atoms with van der Waals surface area (Å²) >= 11 is 0. The van der Waals surface area contributed by atoms with E-state index >= 15 is 0 Å². The van der Waals surface area contributed by atoms with Crippen LogP contribution in [0.5, 0.6) is 0 Å². The van der Waals surface area contributed by atoms with E-state index in [4.69, 9.17) is 4.74 Å². The highest BCUT2D eigenvalue weighted by molar-refractivity contribution is 5.81. The van der Waals surface area contributed by atoms with Crippen LogP contribution >= 0.6 is 0 Å². The molecule has 3 fully saturated rings. The standard InChI is InChI=1S/C21H22F2N2O2/c22-16-4-1-3-15(11-16)20(24-18-6-2-5-17(23)12-18)21(26)27-19-13-25-9-7-14(19)8-10-25/h1-6,11-12,14,19-20,24H,7-10,13H2/t19-,20?/m0/s1. The third-order valence-electron chi connectivity index (χ3n) is 5.42. The summed E-state index contributed by atoms with van der Waals surface area (Å²) in [6, 6.07) is 10.8. The number of fused-ring (bicyclic) bond motifs is 3. The van der Waals surface area contributed by atoms with E-state index in [9.17, 15) is 13.6 Å². The molecule has 0 aromatic heterocycles. The van der Waals surface area contributed by atoms with E-state index in [0.717, 1.165) is 32.5 Å². The van der Waals surface area contributed by atoms with Crippen LogP contribution in [0.2, 0.25) is 0 Å². The van der Waals surface area contributed by atoms with Crippen molar-refractivity contribution in [2.75, 3.05) is 25.0 Å². The highest BCUT2D eigenvalue weighted by atomic mass is 19.1. The maximum absolute atomic E-state index is 13.7. The van der Waals surface area contributed by atoms with Gasteiger partial charge in [0, 0.05) is 12.2 Å². The van der Waals surface area contributed by atoms with Gasteiger partial charge in [-0.3, -0.25) is 4.90 Å². The summed E-state index contributed by atoms with van der Waals surface area (Å²) in [5, 5.41) is 3.00. The lowest BCUT2D eigenvalue weighted by molar-refractivity contribution is -0.159. The molecule has 142 valence electrons. The van der Waals surface area contributed by atoms with Crippen LogP contribution in [0.25, 0.3) is 0 Å². The topological polar surface area (TPSA) is 41.6 Å². The van der Waals surface area contributed by atoms with Crippen LogP contribution in [0.4, 0.5) is 14.5 Å². The first-order valence-corrected chi connectivity index (χ1v) is 9.29. The number of benzene rings is 2. The fraction of sp³-hybridized carbons (Fsp3) is 0.381. The van der Waals surface area contributed by atoms with Crippen molar-refractivity contribution in [3.63, 3.8) is 0 Å². The van der Waals surface area contributed by atoms with Crippen LogP contribution in [0.15, 0.2) is 48.5 Å². The number of halogens is 2. The molecule has 3 aliphatic heterocycles. The first-order chi connectivity index (χ1) is 13.1. The van der Waals surface area contributed by atoms with Gasteiger partial charge in [0.25, 0.3) is 0 Å². The van der Waals surface area contributed by atoms with Crippen molar-refractivity contribution in [2.45, 2.75) is 25.0 Å². The molecule has 2 aromatic carbocycles. The molecule has 0 aliphatic carbocycles. The van der Waals surface area contributed by atoms with E-state index < -0.39 is 23.6 Å². The van der Waals surface area contributed by atoms with Crippen LogP contribution in [-0.4, -0.2) is 36.6 Å². The summed E-state index contributed by atoms with van der Waals surface area (Å²) < 4.78 is 33.1. The number of rotatable bonds is 5. The summed E-state index contributed by atoms with van der Waals surface area (Å²) in [7, 11) is 0. The van der Waals surface area contributed by atoms with Gasteiger partial charge in [-0.15, -0.1) is 0 Å². The number of anilines is 1.